The minimum absolute atomic E-state index is 0.142. The topological polar surface area (TPSA) is 61.4 Å². The molecule has 2 aromatic heterocycles. The smallest absolute Gasteiger partial charge is 0.341 e. The number of esters is 1. The number of carbonyl (C=O) groups is 1. The Hall–Kier alpha value is -2.34. The molecule has 1 aromatic carbocycles. The summed E-state index contributed by atoms with van der Waals surface area (Å²) in [6.07, 6.45) is 1.68. The van der Waals surface area contributed by atoms with Crippen LogP contribution >= 0.6 is 15.9 Å². The molecule has 0 aliphatic heterocycles. The second-order valence-corrected chi connectivity index (χ2v) is 5.57. The van der Waals surface area contributed by atoms with Crippen LogP contribution in [-0.2, 0) is 11.3 Å². The Kier molecular flexibility index (Phi) is 3.85. The van der Waals surface area contributed by atoms with Crippen molar-refractivity contribution in [2.45, 2.75) is 6.54 Å². The lowest BCUT2D eigenvalue weighted by Crippen LogP contribution is -2.19. The molecule has 0 saturated carbocycles. The summed E-state index contributed by atoms with van der Waals surface area (Å²) >= 11 is 3.21. The Bertz CT molecular complexity index is 910. The molecule has 5 nitrogen and oxygen atoms in total. The molecule has 0 saturated heterocycles. The fourth-order valence-electron chi connectivity index (χ4n) is 2.27. The minimum Gasteiger partial charge on any atom is -0.465 e. The first-order valence-corrected chi connectivity index (χ1v) is 7.34. The molecule has 0 N–H and O–H groups in total. The summed E-state index contributed by atoms with van der Waals surface area (Å²) in [7, 11) is 1.33. The van der Waals surface area contributed by atoms with E-state index in [-0.39, 0.29) is 12.1 Å². The Labute approximate surface area is 134 Å². The summed E-state index contributed by atoms with van der Waals surface area (Å²) in [6.45, 7) is 0.285. The number of fused-ring (bicyclic) bond motifs is 1. The van der Waals surface area contributed by atoms with Gasteiger partial charge < -0.3 is 13.7 Å². The van der Waals surface area contributed by atoms with E-state index in [4.69, 9.17) is 9.15 Å². The third-order valence-electron chi connectivity index (χ3n) is 3.30. The van der Waals surface area contributed by atoms with Gasteiger partial charge in [-0.05, 0) is 40.2 Å². The molecule has 0 aliphatic carbocycles. The molecule has 0 bridgehead atoms. The first-order chi connectivity index (χ1) is 10.6. The van der Waals surface area contributed by atoms with Gasteiger partial charge in [-0.25, -0.2) is 4.79 Å². The zero-order valence-electron chi connectivity index (χ0n) is 11.7. The highest BCUT2D eigenvalue weighted by molar-refractivity contribution is 9.10. The molecule has 0 radical (unpaired) electrons. The molecule has 22 heavy (non-hydrogen) atoms. The lowest BCUT2D eigenvalue weighted by atomic mass is 10.1. The molecule has 3 aromatic rings. The van der Waals surface area contributed by atoms with Crippen molar-refractivity contribution in [1.29, 1.82) is 0 Å². The predicted octanol–water partition coefficient (Wildman–Crippen LogP) is 3.19. The van der Waals surface area contributed by atoms with Crippen molar-refractivity contribution >= 4 is 32.9 Å². The zero-order chi connectivity index (χ0) is 15.7. The van der Waals surface area contributed by atoms with Gasteiger partial charge in [0.05, 0.1) is 18.1 Å². The Morgan fingerprint density at radius 1 is 1.32 bits per heavy atom. The van der Waals surface area contributed by atoms with Gasteiger partial charge in [0.2, 0.25) is 0 Å². The number of ether oxygens (including phenoxy) is 1. The number of carbonyl (C=O) groups excluding carboxylic acids is 1. The van der Waals surface area contributed by atoms with Gasteiger partial charge in [0.25, 0.3) is 5.56 Å². The van der Waals surface area contributed by atoms with Crippen molar-refractivity contribution in [2.24, 2.45) is 0 Å². The first-order valence-electron chi connectivity index (χ1n) is 6.55. The second-order valence-electron chi connectivity index (χ2n) is 4.72. The molecule has 112 valence electrons. The highest BCUT2D eigenvalue weighted by atomic mass is 79.9. The maximum atomic E-state index is 12.0. The number of hydrogen-bond acceptors (Lipinski definition) is 4. The fourth-order valence-corrected chi connectivity index (χ4v) is 2.65. The van der Waals surface area contributed by atoms with Crippen LogP contribution in [0.1, 0.15) is 16.1 Å². The number of methoxy groups -OCH3 is 1. The van der Waals surface area contributed by atoms with E-state index < -0.39 is 5.97 Å². The zero-order valence-corrected chi connectivity index (χ0v) is 13.3. The summed E-state index contributed by atoms with van der Waals surface area (Å²) in [5, 5.41) is 0.793. The van der Waals surface area contributed by atoms with Crippen molar-refractivity contribution in [2.75, 3.05) is 7.11 Å². The number of pyridine rings is 1. The third-order valence-corrected chi connectivity index (χ3v) is 3.90. The molecule has 0 spiro atoms. The van der Waals surface area contributed by atoms with Gasteiger partial charge in [0.1, 0.15) is 16.9 Å². The number of para-hydroxylation sites is 1. The molecular formula is C16H12BrNO4. The monoisotopic (exact) mass is 361 g/mol. The van der Waals surface area contributed by atoms with E-state index in [9.17, 15) is 9.59 Å². The fraction of sp³-hybridized carbons (Fsp3) is 0.125. The predicted molar refractivity (Wildman–Crippen MR) is 85.1 cm³/mol. The van der Waals surface area contributed by atoms with Gasteiger partial charge >= 0.3 is 5.97 Å². The van der Waals surface area contributed by atoms with Gasteiger partial charge in [-0.15, -0.1) is 0 Å². The maximum absolute atomic E-state index is 12.0. The van der Waals surface area contributed by atoms with Crippen molar-refractivity contribution in [3.63, 3.8) is 0 Å². The van der Waals surface area contributed by atoms with Gasteiger partial charge in [-0.1, -0.05) is 12.1 Å². The summed E-state index contributed by atoms with van der Waals surface area (Å²) in [4.78, 5) is 23.8. The standard InChI is InChI=1S/C16H12BrNO4/c1-21-16(20)12-5-2-4-10-8-11(22-14(10)12)9-18-7-3-6-13(17)15(18)19/h2-8H,9H2,1H3. The van der Waals surface area contributed by atoms with Crippen molar-refractivity contribution in [3.05, 3.63) is 68.7 Å². The molecule has 0 unspecified atom stereocenters. The van der Waals surface area contributed by atoms with Crippen molar-refractivity contribution < 1.29 is 13.9 Å². The number of halogens is 1. The molecule has 3 rings (SSSR count). The van der Waals surface area contributed by atoms with Crippen LogP contribution in [0.2, 0.25) is 0 Å². The molecule has 6 heteroatoms. The lowest BCUT2D eigenvalue weighted by molar-refractivity contribution is 0.0601. The molecular weight excluding hydrogens is 350 g/mol. The van der Waals surface area contributed by atoms with E-state index in [2.05, 4.69) is 15.9 Å². The van der Waals surface area contributed by atoms with E-state index in [1.54, 1.807) is 30.5 Å². The van der Waals surface area contributed by atoms with E-state index in [0.29, 0.717) is 21.4 Å². The van der Waals surface area contributed by atoms with Gasteiger partial charge in [0, 0.05) is 11.6 Å². The summed E-state index contributed by atoms with van der Waals surface area (Å²) in [5.74, 6) is 0.137. The number of furan rings is 1. The van der Waals surface area contributed by atoms with Gasteiger partial charge in [-0.2, -0.15) is 0 Å². The highest BCUT2D eigenvalue weighted by Crippen LogP contribution is 2.24. The lowest BCUT2D eigenvalue weighted by Gasteiger charge is -2.03. The van der Waals surface area contributed by atoms with Crippen LogP contribution in [0, 0.1) is 0 Å². The number of aromatic nitrogens is 1. The first kappa shape index (κ1) is 14.6. The molecule has 0 amide bonds. The van der Waals surface area contributed by atoms with E-state index in [1.807, 2.05) is 12.1 Å². The van der Waals surface area contributed by atoms with Crippen LogP contribution in [0.4, 0.5) is 0 Å². The highest BCUT2D eigenvalue weighted by Gasteiger charge is 2.15. The SMILES string of the molecule is COC(=O)c1cccc2cc(Cn3cccc(Br)c3=O)oc12. The van der Waals surface area contributed by atoms with E-state index in [0.717, 1.165) is 5.39 Å². The normalized spacial score (nSPS) is 10.8. The summed E-state index contributed by atoms with van der Waals surface area (Å²) < 4.78 is 12.5. The van der Waals surface area contributed by atoms with Crippen LogP contribution in [0.5, 0.6) is 0 Å². The van der Waals surface area contributed by atoms with Crippen LogP contribution in [0.25, 0.3) is 11.0 Å². The van der Waals surface area contributed by atoms with Crippen molar-refractivity contribution in [3.8, 4) is 0 Å². The Morgan fingerprint density at radius 2 is 2.14 bits per heavy atom. The molecule has 2 heterocycles. The van der Waals surface area contributed by atoms with Crippen LogP contribution in [0.15, 0.2) is 56.3 Å². The maximum Gasteiger partial charge on any atom is 0.341 e. The molecule has 0 atom stereocenters. The second kappa shape index (κ2) is 5.81. The molecule has 0 fully saturated rings. The van der Waals surface area contributed by atoms with Crippen LogP contribution in [-0.4, -0.2) is 17.6 Å². The number of benzene rings is 1. The molecule has 0 aliphatic rings. The van der Waals surface area contributed by atoms with Crippen LogP contribution < -0.4 is 5.56 Å². The third kappa shape index (κ3) is 2.57. The number of rotatable bonds is 3. The average Bonchev–Trinajstić information content (AvgIpc) is 2.93. The summed E-state index contributed by atoms with van der Waals surface area (Å²) in [5.41, 5.74) is 0.691. The Morgan fingerprint density at radius 3 is 2.91 bits per heavy atom. The number of hydrogen-bond donors (Lipinski definition) is 0. The number of nitrogens with zero attached hydrogens (tertiary/aromatic N) is 1. The largest absolute Gasteiger partial charge is 0.465 e. The van der Waals surface area contributed by atoms with E-state index >= 15 is 0 Å². The van der Waals surface area contributed by atoms with Crippen molar-refractivity contribution in [1.82, 2.24) is 4.57 Å². The Balaban J connectivity index is 2.04. The van der Waals surface area contributed by atoms with Gasteiger partial charge in [0.15, 0.2) is 0 Å². The van der Waals surface area contributed by atoms with Crippen LogP contribution in [0.3, 0.4) is 0 Å². The quantitative estimate of drug-likeness (QED) is 0.672. The van der Waals surface area contributed by atoms with Gasteiger partial charge in [-0.3, -0.25) is 4.79 Å². The van der Waals surface area contributed by atoms with E-state index in [1.165, 1.54) is 11.7 Å². The minimum atomic E-state index is -0.453. The average molecular weight is 362 g/mol. The summed E-state index contributed by atoms with van der Waals surface area (Å²) in [6, 6.07) is 10.5.